The second-order valence-corrected chi connectivity index (χ2v) is 4.46. The summed E-state index contributed by atoms with van der Waals surface area (Å²) in [4.78, 5) is 10.5. The molecule has 3 nitrogen and oxygen atoms in total. The van der Waals surface area contributed by atoms with Crippen molar-refractivity contribution >= 4 is 21.9 Å². The summed E-state index contributed by atoms with van der Waals surface area (Å²) >= 11 is 3.25. The van der Waals surface area contributed by atoms with Gasteiger partial charge in [-0.15, -0.1) is 0 Å². The first-order valence-electron chi connectivity index (χ1n) is 4.62. The van der Waals surface area contributed by atoms with E-state index in [4.69, 9.17) is 5.11 Å². The summed E-state index contributed by atoms with van der Waals surface area (Å²) in [6, 6.07) is 3.49. The highest BCUT2D eigenvalue weighted by Gasteiger charge is 2.13. The first kappa shape index (κ1) is 12.0. The van der Waals surface area contributed by atoms with Crippen molar-refractivity contribution in [1.82, 2.24) is 0 Å². The zero-order chi connectivity index (χ0) is 11.6. The van der Waals surface area contributed by atoms with E-state index in [1.807, 2.05) is 19.9 Å². The lowest BCUT2D eigenvalue weighted by atomic mass is 9.96. The number of halogens is 1. The van der Waals surface area contributed by atoms with Crippen molar-refractivity contribution < 1.29 is 15.0 Å². The third kappa shape index (κ3) is 2.96. The van der Waals surface area contributed by atoms with Crippen molar-refractivity contribution in [1.29, 1.82) is 0 Å². The molecule has 15 heavy (non-hydrogen) atoms. The minimum atomic E-state index is -0.831. The fourth-order valence-electron chi connectivity index (χ4n) is 1.44. The zero-order valence-electron chi connectivity index (χ0n) is 8.62. The summed E-state index contributed by atoms with van der Waals surface area (Å²) in [5.41, 5.74) is 1.75. The van der Waals surface area contributed by atoms with Gasteiger partial charge in [-0.05, 0) is 46.0 Å². The van der Waals surface area contributed by atoms with Crippen LogP contribution in [0.25, 0.3) is 0 Å². The number of benzene rings is 1. The van der Waals surface area contributed by atoms with Crippen LogP contribution in [0, 0.1) is 6.92 Å². The van der Waals surface area contributed by atoms with Crippen LogP contribution in [0.15, 0.2) is 16.6 Å². The number of phenols is 1. The normalized spacial score (nSPS) is 12.5. The number of carboxylic acid groups (broad SMARTS) is 1. The standard InChI is InChI=1S/C11H13BrO3/c1-6(4-10(14)15)8-3-7(2)11(12)9(13)5-8/h3,5-6,13H,4H2,1-2H3,(H,14,15). The Morgan fingerprint density at radius 2 is 2.13 bits per heavy atom. The number of aromatic hydroxyl groups is 1. The molecule has 0 radical (unpaired) electrons. The maximum Gasteiger partial charge on any atom is 0.303 e. The third-order valence-electron chi connectivity index (χ3n) is 2.31. The minimum absolute atomic E-state index is 0.0700. The van der Waals surface area contributed by atoms with Crippen LogP contribution in [-0.4, -0.2) is 16.2 Å². The van der Waals surface area contributed by atoms with Gasteiger partial charge in [0.1, 0.15) is 5.75 Å². The molecule has 1 rings (SSSR count). The first-order valence-corrected chi connectivity index (χ1v) is 5.42. The van der Waals surface area contributed by atoms with E-state index < -0.39 is 5.97 Å². The molecule has 0 bridgehead atoms. The van der Waals surface area contributed by atoms with Gasteiger partial charge in [-0.3, -0.25) is 4.79 Å². The van der Waals surface area contributed by atoms with Gasteiger partial charge in [0.05, 0.1) is 10.9 Å². The Bertz CT molecular complexity index is 364. The summed E-state index contributed by atoms with van der Waals surface area (Å²) in [6.07, 6.45) is 0.0700. The molecule has 0 heterocycles. The number of hydrogen-bond donors (Lipinski definition) is 2. The number of carboxylic acids is 1. The lowest BCUT2D eigenvalue weighted by Crippen LogP contribution is -2.03. The van der Waals surface area contributed by atoms with Crippen molar-refractivity contribution in [2.75, 3.05) is 0 Å². The molecule has 82 valence electrons. The smallest absolute Gasteiger partial charge is 0.303 e. The topological polar surface area (TPSA) is 57.5 Å². The quantitative estimate of drug-likeness (QED) is 0.889. The molecule has 0 fully saturated rings. The molecule has 0 saturated carbocycles. The number of aliphatic carboxylic acids is 1. The molecular formula is C11H13BrO3. The largest absolute Gasteiger partial charge is 0.507 e. The molecule has 0 aliphatic rings. The average molecular weight is 273 g/mol. The fourth-order valence-corrected chi connectivity index (χ4v) is 1.67. The van der Waals surface area contributed by atoms with Gasteiger partial charge in [-0.25, -0.2) is 0 Å². The van der Waals surface area contributed by atoms with Crippen molar-refractivity contribution in [2.24, 2.45) is 0 Å². The van der Waals surface area contributed by atoms with Crippen LogP contribution in [0.3, 0.4) is 0 Å². The predicted octanol–water partition coefficient (Wildman–Crippen LogP) is 3.04. The highest BCUT2D eigenvalue weighted by Crippen LogP contribution is 2.32. The second kappa shape index (κ2) is 4.66. The van der Waals surface area contributed by atoms with Gasteiger partial charge in [0, 0.05) is 0 Å². The van der Waals surface area contributed by atoms with E-state index in [0.717, 1.165) is 11.1 Å². The van der Waals surface area contributed by atoms with Crippen LogP contribution >= 0.6 is 15.9 Å². The van der Waals surface area contributed by atoms with Crippen molar-refractivity contribution in [3.8, 4) is 5.75 Å². The molecule has 0 aliphatic heterocycles. The molecule has 0 aromatic heterocycles. The van der Waals surface area contributed by atoms with E-state index in [2.05, 4.69) is 15.9 Å². The van der Waals surface area contributed by atoms with Gasteiger partial charge in [-0.1, -0.05) is 13.0 Å². The van der Waals surface area contributed by atoms with Gasteiger partial charge in [0.15, 0.2) is 0 Å². The van der Waals surface area contributed by atoms with Crippen molar-refractivity contribution in [3.63, 3.8) is 0 Å². The Morgan fingerprint density at radius 3 is 2.60 bits per heavy atom. The molecule has 2 N–H and O–H groups in total. The average Bonchev–Trinajstić information content (AvgIpc) is 2.12. The van der Waals surface area contributed by atoms with E-state index >= 15 is 0 Å². The Kier molecular flexibility index (Phi) is 3.74. The van der Waals surface area contributed by atoms with Crippen LogP contribution in [0.5, 0.6) is 5.75 Å². The Labute approximate surface area is 96.9 Å². The summed E-state index contributed by atoms with van der Waals surface area (Å²) < 4.78 is 0.661. The number of hydrogen-bond acceptors (Lipinski definition) is 2. The lowest BCUT2D eigenvalue weighted by molar-refractivity contribution is -0.137. The number of rotatable bonds is 3. The highest BCUT2D eigenvalue weighted by atomic mass is 79.9. The molecular weight excluding hydrogens is 260 g/mol. The van der Waals surface area contributed by atoms with Crippen LogP contribution in [0.1, 0.15) is 30.4 Å². The van der Waals surface area contributed by atoms with E-state index in [9.17, 15) is 9.90 Å². The molecule has 1 aromatic rings. The molecule has 1 aromatic carbocycles. The predicted molar refractivity (Wildman–Crippen MR) is 61.2 cm³/mol. The minimum Gasteiger partial charge on any atom is -0.507 e. The Morgan fingerprint density at radius 1 is 1.53 bits per heavy atom. The zero-order valence-corrected chi connectivity index (χ0v) is 10.2. The lowest BCUT2D eigenvalue weighted by Gasteiger charge is -2.12. The van der Waals surface area contributed by atoms with Crippen LogP contribution in [-0.2, 0) is 4.79 Å². The number of carbonyl (C=O) groups is 1. The summed E-state index contributed by atoms with van der Waals surface area (Å²) in [5, 5.41) is 18.2. The van der Waals surface area contributed by atoms with E-state index in [1.165, 1.54) is 0 Å². The second-order valence-electron chi connectivity index (χ2n) is 3.67. The van der Waals surface area contributed by atoms with Crippen molar-refractivity contribution in [2.45, 2.75) is 26.2 Å². The van der Waals surface area contributed by atoms with Gasteiger partial charge in [0.2, 0.25) is 0 Å². The van der Waals surface area contributed by atoms with E-state index in [0.29, 0.717) is 4.47 Å². The Hall–Kier alpha value is -1.03. The molecule has 0 saturated heterocycles. The van der Waals surface area contributed by atoms with Crippen LogP contribution < -0.4 is 0 Å². The van der Waals surface area contributed by atoms with Gasteiger partial charge in [0.25, 0.3) is 0 Å². The van der Waals surface area contributed by atoms with E-state index in [-0.39, 0.29) is 18.1 Å². The molecule has 4 heteroatoms. The molecule has 1 atom stereocenters. The molecule has 1 unspecified atom stereocenters. The summed E-state index contributed by atoms with van der Waals surface area (Å²) in [6.45, 7) is 3.69. The van der Waals surface area contributed by atoms with Crippen molar-refractivity contribution in [3.05, 3.63) is 27.7 Å². The Balaban J connectivity index is 3.00. The third-order valence-corrected chi connectivity index (χ3v) is 3.34. The maximum absolute atomic E-state index is 10.5. The monoisotopic (exact) mass is 272 g/mol. The van der Waals surface area contributed by atoms with Crippen LogP contribution in [0.4, 0.5) is 0 Å². The summed E-state index contributed by atoms with van der Waals surface area (Å²) in [5.74, 6) is -0.773. The number of aryl methyl sites for hydroxylation is 1. The number of phenolic OH excluding ortho intramolecular Hbond substituents is 1. The van der Waals surface area contributed by atoms with Gasteiger partial charge >= 0.3 is 5.97 Å². The van der Waals surface area contributed by atoms with Crippen LogP contribution in [0.2, 0.25) is 0 Å². The SMILES string of the molecule is Cc1cc(C(C)CC(=O)O)cc(O)c1Br. The highest BCUT2D eigenvalue weighted by molar-refractivity contribution is 9.10. The van der Waals surface area contributed by atoms with Gasteiger partial charge < -0.3 is 10.2 Å². The van der Waals surface area contributed by atoms with Gasteiger partial charge in [-0.2, -0.15) is 0 Å². The molecule has 0 amide bonds. The summed E-state index contributed by atoms with van der Waals surface area (Å²) in [7, 11) is 0. The first-order chi connectivity index (χ1) is 6.91. The van der Waals surface area contributed by atoms with E-state index in [1.54, 1.807) is 6.07 Å². The molecule has 0 aliphatic carbocycles. The fraction of sp³-hybridized carbons (Fsp3) is 0.364. The molecule has 0 spiro atoms. The maximum atomic E-state index is 10.5.